The van der Waals surface area contributed by atoms with Gasteiger partial charge in [0.05, 0.1) is 0 Å². The van der Waals surface area contributed by atoms with E-state index in [1.807, 2.05) is 11.9 Å². The van der Waals surface area contributed by atoms with Crippen molar-refractivity contribution < 1.29 is 9.90 Å². The van der Waals surface area contributed by atoms with Crippen LogP contribution in [-0.2, 0) is 0 Å². The average Bonchev–Trinajstić information content (AvgIpc) is 2.81. The SMILES string of the molecule is CN(CC1CCCC1)c1nccnc1C(=O)O. The van der Waals surface area contributed by atoms with E-state index in [4.69, 9.17) is 5.11 Å². The molecule has 0 saturated heterocycles. The Morgan fingerprint density at radius 1 is 1.41 bits per heavy atom. The second-order valence-corrected chi connectivity index (χ2v) is 4.56. The van der Waals surface area contributed by atoms with Crippen LogP contribution in [0.25, 0.3) is 0 Å². The van der Waals surface area contributed by atoms with Gasteiger partial charge < -0.3 is 10.0 Å². The lowest BCUT2D eigenvalue weighted by Gasteiger charge is -2.22. The number of hydrogen-bond acceptors (Lipinski definition) is 4. The van der Waals surface area contributed by atoms with Crippen molar-refractivity contribution in [1.29, 1.82) is 0 Å². The normalized spacial score (nSPS) is 16.1. The van der Waals surface area contributed by atoms with Gasteiger partial charge in [-0.25, -0.2) is 14.8 Å². The molecule has 2 rings (SSSR count). The molecule has 17 heavy (non-hydrogen) atoms. The maximum atomic E-state index is 11.0. The molecule has 1 N–H and O–H groups in total. The number of anilines is 1. The molecule has 1 heterocycles. The molecule has 1 aromatic heterocycles. The van der Waals surface area contributed by atoms with Gasteiger partial charge in [-0.3, -0.25) is 0 Å². The monoisotopic (exact) mass is 235 g/mol. The van der Waals surface area contributed by atoms with Gasteiger partial charge in [0.2, 0.25) is 0 Å². The predicted octanol–water partition coefficient (Wildman–Crippen LogP) is 1.80. The maximum Gasteiger partial charge on any atom is 0.358 e. The minimum atomic E-state index is -1.02. The fourth-order valence-electron chi connectivity index (χ4n) is 2.43. The molecule has 0 atom stereocenters. The molecule has 0 amide bonds. The van der Waals surface area contributed by atoms with Crippen molar-refractivity contribution in [2.24, 2.45) is 5.92 Å². The summed E-state index contributed by atoms with van der Waals surface area (Å²) in [5.74, 6) is 0.0990. The summed E-state index contributed by atoms with van der Waals surface area (Å²) in [5, 5.41) is 9.05. The van der Waals surface area contributed by atoms with Crippen molar-refractivity contribution in [3.63, 3.8) is 0 Å². The second-order valence-electron chi connectivity index (χ2n) is 4.56. The number of aromatic carboxylic acids is 1. The largest absolute Gasteiger partial charge is 0.476 e. The number of carbonyl (C=O) groups is 1. The van der Waals surface area contributed by atoms with Gasteiger partial charge in [0, 0.05) is 26.0 Å². The fraction of sp³-hybridized carbons (Fsp3) is 0.583. The van der Waals surface area contributed by atoms with Crippen molar-refractivity contribution in [3.05, 3.63) is 18.1 Å². The molecule has 0 aromatic carbocycles. The summed E-state index contributed by atoms with van der Waals surface area (Å²) < 4.78 is 0. The highest BCUT2D eigenvalue weighted by Gasteiger charge is 2.21. The Morgan fingerprint density at radius 2 is 2.06 bits per heavy atom. The molecule has 0 unspecified atom stereocenters. The topological polar surface area (TPSA) is 66.3 Å². The van der Waals surface area contributed by atoms with Gasteiger partial charge >= 0.3 is 5.97 Å². The Labute approximate surface area is 100 Å². The van der Waals surface area contributed by atoms with Gasteiger partial charge in [-0.1, -0.05) is 12.8 Å². The van der Waals surface area contributed by atoms with E-state index in [0.29, 0.717) is 11.7 Å². The summed E-state index contributed by atoms with van der Waals surface area (Å²) in [4.78, 5) is 20.9. The Bertz CT molecular complexity index is 402. The number of hydrogen-bond donors (Lipinski definition) is 1. The van der Waals surface area contributed by atoms with E-state index >= 15 is 0 Å². The smallest absolute Gasteiger partial charge is 0.358 e. The number of carboxylic acid groups (broad SMARTS) is 1. The molecule has 1 fully saturated rings. The zero-order valence-electron chi connectivity index (χ0n) is 9.96. The number of rotatable bonds is 4. The van der Waals surface area contributed by atoms with Gasteiger partial charge in [-0.15, -0.1) is 0 Å². The zero-order chi connectivity index (χ0) is 12.3. The molecule has 0 radical (unpaired) electrons. The molecule has 0 aliphatic heterocycles. The lowest BCUT2D eigenvalue weighted by atomic mass is 10.1. The first kappa shape index (κ1) is 11.8. The Morgan fingerprint density at radius 3 is 2.71 bits per heavy atom. The van der Waals surface area contributed by atoms with E-state index < -0.39 is 5.97 Å². The molecule has 1 saturated carbocycles. The molecule has 5 nitrogen and oxygen atoms in total. The predicted molar refractivity (Wildman–Crippen MR) is 64.2 cm³/mol. The van der Waals surface area contributed by atoms with Crippen LogP contribution in [0.3, 0.4) is 0 Å². The van der Waals surface area contributed by atoms with Crippen LogP contribution >= 0.6 is 0 Å². The first-order valence-corrected chi connectivity index (χ1v) is 5.94. The van der Waals surface area contributed by atoms with Gasteiger partial charge in [-0.2, -0.15) is 0 Å². The van der Waals surface area contributed by atoms with Gasteiger partial charge in [0.25, 0.3) is 0 Å². The molecule has 1 aliphatic carbocycles. The molecule has 92 valence electrons. The lowest BCUT2D eigenvalue weighted by Crippen LogP contribution is -2.27. The molecule has 1 aliphatic rings. The third kappa shape index (κ3) is 2.72. The summed E-state index contributed by atoms with van der Waals surface area (Å²) in [5.41, 5.74) is 0.0352. The van der Waals surface area contributed by atoms with Crippen LogP contribution in [0.2, 0.25) is 0 Å². The highest BCUT2D eigenvalue weighted by Crippen LogP contribution is 2.26. The molecule has 0 bridgehead atoms. The van der Waals surface area contributed by atoms with Crippen molar-refractivity contribution in [1.82, 2.24) is 9.97 Å². The van der Waals surface area contributed by atoms with E-state index in [9.17, 15) is 4.79 Å². The first-order chi connectivity index (χ1) is 8.18. The second kappa shape index (κ2) is 5.12. The Kier molecular flexibility index (Phi) is 3.56. The standard InChI is InChI=1S/C12H17N3O2/c1-15(8-9-4-2-3-5-9)11-10(12(16)17)13-6-7-14-11/h6-7,9H,2-5,8H2,1H3,(H,16,17). The number of carboxylic acids is 1. The van der Waals surface area contributed by atoms with Crippen molar-refractivity contribution in [3.8, 4) is 0 Å². The van der Waals surface area contributed by atoms with Gasteiger partial charge in [0.15, 0.2) is 11.5 Å². The van der Waals surface area contributed by atoms with Crippen molar-refractivity contribution in [2.45, 2.75) is 25.7 Å². The van der Waals surface area contributed by atoms with Crippen molar-refractivity contribution >= 4 is 11.8 Å². The van der Waals surface area contributed by atoms with Gasteiger partial charge in [0.1, 0.15) is 0 Å². The van der Waals surface area contributed by atoms with E-state index in [1.54, 1.807) is 0 Å². The van der Waals surface area contributed by atoms with Crippen LogP contribution in [0, 0.1) is 5.92 Å². The van der Waals surface area contributed by atoms with E-state index in [0.717, 1.165) is 6.54 Å². The highest BCUT2D eigenvalue weighted by atomic mass is 16.4. The van der Waals surface area contributed by atoms with Crippen LogP contribution in [0.1, 0.15) is 36.2 Å². The van der Waals surface area contributed by atoms with Crippen LogP contribution < -0.4 is 4.90 Å². The van der Waals surface area contributed by atoms with E-state index in [-0.39, 0.29) is 5.69 Å². The summed E-state index contributed by atoms with van der Waals surface area (Å²) in [7, 11) is 1.88. The molecular weight excluding hydrogens is 218 g/mol. The summed E-state index contributed by atoms with van der Waals surface area (Å²) >= 11 is 0. The Balaban J connectivity index is 2.12. The van der Waals surface area contributed by atoms with Crippen LogP contribution in [0.4, 0.5) is 5.82 Å². The quantitative estimate of drug-likeness (QED) is 0.862. The van der Waals surface area contributed by atoms with E-state index in [1.165, 1.54) is 38.1 Å². The minimum absolute atomic E-state index is 0.0352. The number of aromatic nitrogens is 2. The molecule has 1 aromatic rings. The zero-order valence-corrected chi connectivity index (χ0v) is 9.96. The van der Waals surface area contributed by atoms with E-state index in [2.05, 4.69) is 9.97 Å². The molecule has 5 heteroatoms. The lowest BCUT2D eigenvalue weighted by molar-refractivity contribution is 0.0690. The van der Waals surface area contributed by atoms with Crippen LogP contribution in [0.5, 0.6) is 0 Å². The molecular formula is C12H17N3O2. The third-order valence-electron chi connectivity index (χ3n) is 3.25. The number of nitrogens with zero attached hydrogens (tertiary/aromatic N) is 3. The Hall–Kier alpha value is -1.65. The van der Waals surface area contributed by atoms with Crippen LogP contribution in [-0.4, -0.2) is 34.6 Å². The summed E-state index contributed by atoms with van der Waals surface area (Å²) in [6.45, 7) is 0.860. The van der Waals surface area contributed by atoms with Crippen molar-refractivity contribution in [2.75, 3.05) is 18.5 Å². The summed E-state index contributed by atoms with van der Waals surface area (Å²) in [6, 6.07) is 0. The fourth-order valence-corrected chi connectivity index (χ4v) is 2.43. The maximum absolute atomic E-state index is 11.0. The molecule has 0 spiro atoms. The minimum Gasteiger partial charge on any atom is -0.476 e. The van der Waals surface area contributed by atoms with Crippen LogP contribution in [0.15, 0.2) is 12.4 Å². The summed E-state index contributed by atoms with van der Waals surface area (Å²) in [6.07, 6.45) is 7.97. The third-order valence-corrected chi connectivity index (χ3v) is 3.25. The average molecular weight is 235 g/mol. The first-order valence-electron chi connectivity index (χ1n) is 5.94. The highest BCUT2D eigenvalue weighted by molar-refractivity contribution is 5.90. The van der Waals surface area contributed by atoms with Gasteiger partial charge in [-0.05, 0) is 18.8 Å².